The number of hydrogen-bond donors (Lipinski definition) is 0. The molecule has 1 saturated heterocycles. The average molecular weight is 390 g/mol. The first-order valence-electron chi connectivity index (χ1n) is 10.1. The molecule has 7 nitrogen and oxygen atoms in total. The Morgan fingerprint density at radius 2 is 1.86 bits per heavy atom. The van der Waals surface area contributed by atoms with Crippen LogP contribution < -0.4 is 0 Å². The molecule has 0 unspecified atom stereocenters. The van der Waals surface area contributed by atoms with Crippen molar-refractivity contribution in [2.75, 3.05) is 13.1 Å². The number of carbonyl (C=O) groups is 1. The van der Waals surface area contributed by atoms with Crippen molar-refractivity contribution in [2.45, 2.75) is 45.6 Å². The minimum atomic E-state index is 0.201. The van der Waals surface area contributed by atoms with E-state index in [9.17, 15) is 4.79 Å². The Balaban J connectivity index is 1.41. The van der Waals surface area contributed by atoms with Gasteiger partial charge in [0.1, 0.15) is 5.82 Å². The number of rotatable bonds is 5. The fraction of sp³-hybridized carbons (Fsp3) is 0.409. The van der Waals surface area contributed by atoms with E-state index in [1.165, 1.54) is 0 Å². The minimum Gasteiger partial charge on any atom is -0.343 e. The third kappa shape index (κ3) is 4.34. The van der Waals surface area contributed by atoms with Crippen molar-refractivity contribution in [3.05, 3.63) is 60.2 Å². The summed E-state index contributed by atoms with van der Waals surface area (Å²) in [6.45, 7) is 6.10. The molecule has 1 fully saturated rings. The van der Waals surface area contributed by atoms with Crippen molar-refractivity contribution in [1.29, 1.82) is 0 Å². The van der Waals surface area contributed by atoms with Gasteiger partial charge in [0.05, 0.1) is 5.69 Å². The van der Waals surface area contributed by atoms with Crippen LogP contribution >= 0.6 is 0 Å². The predicted molar refractivity (Wildman–Crippen MR) is 110 cm³/mol. The summed E-state index contributed by atoms with van der Waals surface area (Å²) in [6.07, 6.45) is 9.60. The maximum absolute atomic E-state index is 12.6. The summed E-state index contributed by atoms with van der Waals surface area (Å²) in [5.41, 5.74) is 4.32. The monoisotopic (exact) mass is 390 g/mol. The molecule has 1 aliphatic rings. The summed E-state index contributed by atoms with van der Waals surface area (Å²) in [5, 5.41) is 4.26. The number of hydrogen-bond acceptors (Lipinski definition) is 5. The van der Waals surface area contributed by atoms with Crippen LogP contribution in [-0.2, 0) is 11.3 Å². The summed E-state index contributed by atoms with van der Waals surface area (Å²) in [7, 11) is 0. The van der Waals surface area contributed by atoms with E-state index in [4.69, 9.17) is 4.98 Å². The molecule has 0 atom stereocenters. The zero-order valence-corrected chi connectivity index (χ0v) is 17.0. The Kier molecular flexibility index (Phi) is 5.64. The van der Waals surface area contributed by atoms with Crippen LogP contribution in [0.25, 0.3) is 11.1 Å². The van der Waals surface area contributed by atoms with Gasteiger partial charge in [0, 0.05) is 68.0 Å². The number of amides is 1. The largest absolute Gasteiger partial charge is 0.343 e. The number of aromatic nitrogens is 5. The van der Waals surface area contributed by atoms with Crippen LogP contribution in [0.2, 0.25) is 0 Å². The van der Waals surface area contributed by atoms with Gasteiger partial charge in [-0.1, -0.05) is 0 Å². The number of pyridine rings is 1. The lowest BCUT2D eigenvalue weighted by Crippen LogP contribution is -2.38. The highest BCUT2D eigenvalue weighted by atomic mass is 16.2. The molecule has 3 aromatic rings. The second-order valence-electron chi connectivity index (χ2n) is 7.55. The topological polar surface area (TPSA) is 76.8 Å². The fourth-order valence-electron chi connectivity index (χ4n) is 3.95. The second-order valence-corrected chi connectivity index (χ2v) is 7.55. The van der Waals surface area contributed by atoms with Gasteiger partial charge in [-0.15, -0.1) is 0 Å². The molecule has 0 radical (unpaired) electrons. The second kappa shape index (κ2) is 8.51. The molecule has 0 N–H and O–H groups in total. The molecule has 29 heavy (non-hydrogen) atoms. The third-order valence-electron chi connectivity index (χ3n) is 5.63. The van der Waals surface area contributed by atoms with Gasteiger partial charge in [0.2, 0.25) is 5.91 Å². The molecular weight excluding hydrogens is 364 g/mol. The SMILES string of the molecule is Cc1ncc(-c2ccncc2)c(C2CCN(C(=O)CCn3nccc3C)CC2)n1. The predicted octanol–water partition coefficient (Wildman–Crippen LogP) is 3.15. The van der Waals surface area contributed by atoms with Crippen LogP contribution in [0.1, 0.15) is 42.4 Å². The van der Waals surface area contributed by atoms with E-state index in [0.717, 1.165) is 54.3 Å². The van der Waals surface area contributed by atoms with Gasteiger partial charge in [-0.05, 0) is 50.5 Å². The van der Waals surface area contributed by atoms with Gasteiger partial charge in [0.25, 0.3) is 0 Å². The van der Waals surface area contributed by atoms with Gasteiger partial charge in [0.15, 0.2) is 0 Å². The Hall–Kier alpha value is -3.09. The summed E-state index contributed by atoms with van der Waals surface area (Å²) in [6, 6.07) is 5.95. The maximum atomic E-state index is 12.6. The molecule has 0 aliphatic carbocycles. The zero-order valence-electron chi connectivity index (χ0n) is 17.0. The summed E-state index contributed by atoms with van der Waals surface area (Å²) in [4.78, 5) is 27.9. The van der Waals surface area contributed by atoms with E-state index in [-0.39, 0.29) is 5.91 Å². The van der Waals surface area contributed by atoms with Gasteiger partial charge in [-0.3, -0.25) is 14.5 Å². The van der Waals surface area contributed by atoms with E-state index >= 15 is 0 Å². The molecule has 4 rings (SSSR count). The van der Waals surface area contributed by atoms with E-state index in [1.54, 1.807) is 18.6 Å². The number of likely N-dealkylation sites (tertiary alicyclic amines) is 1. The van der Waals surface area contributed by atoms with Gasteiger partial charge in [-0.25, -0.2) is 9.97 Å². The molecule has 3 aromatic heterocycles. The molecule has 0 aromatic carbocycles. The van der Waals surface area contributed by atoms with Crippen molar-refractivity contribution in [2.24, 2.45) is 0 Å². The number of aryl methyl sites for hydroxylation is 3. The molecule has 0 bridgehead atoms. The molecule has 150 valence electrons. The lowest BCUT2D eigenvalue weighted by molar-refractivity contribution is -0.132. The Morgan fingerprint density at radius 1 is 1.10 bits per heavy atom. The van der Waals surface area contributed by atoms with E-state index in [0.29, 0.717) is 18.9 Å². The van der Waals surface area contributed by atoms with Crippen LogP contribution in [0.4, 0.5) is 0 Å². The third-order valence-corrected chi connectivity index (χ3v) is 5.63. The van der Waals surface area contributed by atoms with Crippen molar-refractivity contribution in [3.63, 3.8) is 0 Å². The minimum absolute atomic E-state index is 0.201. The number of nitrogens with zero attached hydrogens (tertiary/aromatic N) is 6. The van der Waals surface area contributed by atoms with Crippen molar-refractivity contribution < 1.29 is 4.79 Å². The summed E-state index contributed by atoms with van der Waals surface area (Å²) in [5.74, 6) is 1.31. The molecular formula is C22H26N6O. The van der Waals surface area contributed by atoms with Crippen molar-refractivity contribution in [3.8, 4) is 11.1 Å². The first-order valence-corrected chi connectivity index (χ1v) is 10.1. The van der Waals surface area contributed by atoms with E-state index in [2.05, 4.69) is 15.1 Å². The molecule has 0 saturated carbocycles. The van der Waals surface area contributed by atoms with Crippen molar-refractivity contribution in [1.82, 2.24) is 29.6 Å². The Bertz CT molecular complexity index is 976. The number of piperidine rings is 1. The number of carbonyl (C=O) groups excluding carboxylic acids is 1. The highest BCUT2D eigenvalue weighted by molar-refractivity contribution is 5.76. The normalized spacial score (nSPS) is 14.9. The van der Waals surface area contributed by atoms with Crippen LogP contribution in [0.15, 0.2) is 43.0 Å². The standard InChI is InChI=1S/C22H26N6O/c1-16-3-11-25-28(16)14-8-21(29)27-12-6-19(7-13-27)22-20(15-24-17(2)26-22)18-4-9-23-10-5-18/h3-5,9-11,15,19H,6-8,12-14H2,1-2H3. The zero-order chi connectivity index (χ0) is 20.2. The van der Waals surface area contributed by atoms with Crippen molar-refractivity contribution >= 4 is 5.91 Å². The van der Waals surface area contributed by atoms with Crippen LogP contribution in [-0.4, -0.2) is 48.6 Å². The van der Waals surface area contributed by atoms with Crippen LogP contribution in [0.5, 0.6) is 0 Å². The molecule has 4 heterocycles. The lowest BCUT2D eigenvalue weighted by atomic mass is 9.89. The fourth-order valence-corrected chi connectivity index (χ4v) is 3.95. The van der Waals surface area contributed by atoms with Gasteiger partial charge in [-0.2, -0.15) is 5.10 Å². The first-order chi connectivity index (χ1) is 14.1. The Labute approximate surface area is 170 Å². The molecule has 1 aliphatic heterocycles. The molecule has 0 spiro atoms. The molecule has 1 amide bonds. The van der Waals surface area contributed by atoms with E-state index < -0.39 is 0 Å². The van der Waals surface area contributed by atoms with Gasteiger partial charge >= 0.3 is 0 Å². The van der Waals surface area contributed by atoms with Gasteiger partial charge < -0.3 is 4.90 Å². The quantitative estimate of drug-likeness (QED) is 0.669. The Morgan fingerprint density at radius 3 is 2.55 bits per heavy atom. The summed E-state index contributed by atoms with van der Waals surface area (Å²) >= 11 is 0. The highest BCUT2D eigenvalue weighted by Crippen LogP contribution is 2.33. The first kappa shape index (κ1) is 19.2. The van der Waals surface area contributed by atoms with E-state index in [1.807, 2.05) is 47.8 Å². The lowest BCUT2D eigenvalue weighted by Gasteiger charge is -2.32. The van der Waals surface area contributed by atoms with Crippen LogP contribution in [0, 0.1) is 13.8 Å². The maximum Gasteiger partial charge on any atom is 0.224 e. The van der Waals surface area contributed by atoms with Crippen LogP contribution in [0.3, 0.4) is 0 Å². The average Bonchev–Trinajstić information content (AvgIpc) is 3.17. The highest BCUT2D eigenvalue weighted by Gasteiger charge is 2.26. The summed E-state index contributed by atoms with van der Waals surface area (Å²) < 4.78 is 1.88. The molecule has 7 heteroatoms. The smallest absolute Gasteiger partial charge is 0.224 e.